The van der Waals surface area contributed by atoms with E-state index in [0.717, 1.165) is 30.9 Å². The van der Waals surface area contributed by atoms with Crippen LogP contribution in [0.2, 0.25) is 5.02 Å². The van der Waals surface area contributed by atoms with Gasteiger partial charge in [0.25, 0.3) is 0 Å². The van der Waals surface area contributed by atoms with Crippen molar-refractivity contribution in [1.82, 2.24) is 0 Å². The zero-order valence-electron chi connectivity index (χ0n) is 12.7. The third-order valence-corrected chi connectivity index (χ3v) is 5.09. The van der Waals surface area contributed by atoms with Gasteiger partial charge in [-0.05, 0) is 37.8 Å². The van der Waals surface area contributed by atoms with Crippen LogP contribution in [-0.2, 0) is 4.74 Å². The molecule has 1 aliphatic carbocycles. The smallest absolute Gasteiger partial charge is 0.139 e. The van der Waals surface area contributed by atoms with Crippen LogP contribution < -0.4 is 10.1 Å². The van der Waals surface area contributed by atoms with Crippen molar-refractivity contribution in [2.45, 2.75) is 56.6 Å². The maximum atomic E-state index is 6.15. The second kappa shape index (κ2) is 6.45. The van der Waals surface area contributed by atoms with Crippen LogP contribution in [-0.4, -0.2) is 25.4 Å². The van der Waals surface area contributed by atoms with E-state index in [0.29, 0.717) is 11.1 Å². The summed E-state index contributed by atoms with van der Waals surface area (Å²) in [4.78, 5) is 0. The van der Waals surface area contributed by atoms with Gasteiger partial charge in [0.2, 0.25) is 0 Å². The minimum atomic E-state index is 0.130. The van der Waals surface area contributed by atoms with Crippen molar-refractivity contribution in [3.05, 3.63) is 23.2 Å². The number of halogens is 1. The largest absolute Gasteiger partial charge is 0.495 e. The van der Waals surface area contributed by atoms with Gasteiger partial charge in [-0.15, -0.1) is 0 Å². The Kier molecular flexibility index (Phi) is 4.60. The number of anilines is 1. The van der Waals surface area contributed by atoms with Crippen molar-refractivity contribution >= 4 is 17.3 Å². The first kappa shape index (κ1) is 15.0. The lowest BCUT2D eigenvalue weighted by Gasteiger charge is -2.44. The molecule has 1 aromatic rings. The lowest BCUT2D eigenvalue weighted by Crippen LogP contribution is -2.45. The first-order chi connectivity index (χ1) is 10.2. The Balaban J connectivity index is 1.67. The molecule has 21 heavy (non-hydrogen) atoms. The average Bonchev–Trinajstić information content (AvgIpc) is 2.50. The van der Waals surface area contributed by atoms with E-state index in [1.54, 1.807) is 7.11 Å². The van der Waals surface area contributed by atoms with E-state index >= 15 is 0 Å². The SMILES string of the molecule is COc1cc(NC2CCOC3(CCCCC3)C2)ccc1Cl. The van der Waals surface area contributed by atoms with Crippen LogP contribution >= 0.6 is 11.6 Å². The minimum Gasteiger partial charge on any atom is -0.495 e. The molecule has 1 saturated heterocycles. The number of methoxy groups -OCH3 is 1. The minimum absolute atomic E-state index is 0.130. The van der Waals surface area contributed by atoms with Crippen molar-refractivity contribution in [2.75, 3.05) is 19.0 Å². The fourth-order valence-electron chi connectivity index (χ4n) is 3.68. The fourth-order valence-corrected chi connectivity index (χ4v) is 3.88. The lowest BCUT2D eigenvalue weighted by molar-refractivity contribution is -0.103. The molecule has 0 bridgehead atoms. The molecule has 3 rings (SSSR count). The van der Waals surface area contributed by atoms with E-state index in [4.69, 9.17) is 21.1 Å². The predicted octanol–water partition coefficient (Wildman–Crippen LogP) is 4.64. The van der Waals surface area contributed by atoms with Crippen molar-refractivity contribution < 1.29 is 9.47 Å². The van der Waals surface area contributed by atoms with E-state index in [-0.39, 0.29) is 5.60 Å². The molecule has 2 fully saturated rings. The summed E-state index contributed by atoms with van der Waals surface area (Å²) in [6.45, 7) is 0.863. The standard InChI is InChI=1S/C17H24ClNO2/c1-20-16-11-13(5-6-15(16)18)19-14-7-10-21-17(12-14)8-3-2-4-9-17/h5-6,11,14,19H,2-4,7-10,12H2,1H3. The number of hydrogen-bond donors (Lipinski definition) is 1. The summed E-state index contributed by atoms with van der Waals surface area (Å²) in [5.74, 6) is 0.723. The Labute approximate surface area is 132 Å². The van der Waals surface area contributed by atoms with Gasteiger partial charge in [0.15, 0.2) is 0 Å². The van der Waals surface area contributed by atoms with Crippen LogP contribution in [0.3, 0.4) is 0 Å². The first-order valence-electron chi connectivity index (χ1n) is 7.95. The van der Waals surface area contributed by atoms with E-state index in [2.05, 4.69) is 5.32 Å². The summed E-state index contributed by atoms with van der Waals surface area (Å²) in [6.07, 6.45) is 8.58. The van der Waals surface area contributed by atoms with Crippen LogP contribution in [0.5, 0.6) is 5.75 Å². The van der Waals surface area contributed by atoms with E-state index < -0.39 is 0 Å². The van der Waals surface area contributed by atoms with Gasteiger partial charge in [-0.1, -0.05) is 30.9 Å². The van der Waals surface area contributed by atoms with Crippen LogP contribution in [0.25, 0.3) is 0 Å². The van der Waals surface area contributed by atoms with Crippen molar-refractivity contribution in [3.63, 3.8) is 0 Å². The van der Waals surface area contributed by atoms with Gasteiger partial charge in [-0.3, -0.25) is 0 Å². The molecule has 2 aliphatic rings. The third kappa shape index (κ3) is 3.46. The molecule has 1 aromatic carbocycles. The molecule has 4 heteroatoms. The summed E-state index contributed by atoms with van der Waals surface area (Å²) in [7, 11) is 1.65. The monoisotopic (exact) mass is 309 g/mol. The van der Waals surface area contributed by atoms with E-state index in [1.165, 1.54) is 32.1 Å². The summed E-state index contributed by atoms with van der Waals surface area (Å²) in [5, 5.41) is 4.29. The second-order valence-electron chi connectivity index (χ2n) is 6.28. The summed E-state index contributed by atoms with van der Waals surface area (Å²) >= 11 is 6.08. The molecule has 0 radical (unpaired) electrons. The van der Waals surface area contributed by atoms with Gasteiger partial charge >= 0.3 is 0 Å². The average molecular weight is 310 g/mol. The molecule has 1 N–H and O–H groups in total. The Bertz CT molecular complexity index is 480. The molecule has 0 amide bonds. The van der Waals surface area contributed by atoms with Crippen LogP contribution in [0.15, 0.2) is 18.2 Å². The maximum Gasteiger partial charge on any atom is 0.139 e. The summed E-state index contributed by atoms with van der Waals surface area (Å²) in [6, 6.07) is 6.36. The Morgan fingerprint density at radius 3 is 2.86 bits per heavy atom. The molecule has 1 unspecified atom stereocenters. The van der Waals surface area contributed by atoms with Gasteiger partial charge in [0.1, 0.15) is 5.75 Å². The first-order valence-corrected chi connectivity index (χ1v) is 8.33. The third-order valence-electron chi connectivity index (χ3n) is 4.78. The van der Waals surface area contributed by atoms with Crippen molar-refractivity contribution in [2.24, 2.45) is 0 Å². The highest BCUT2D eigenvalue weighted by atomic mass is 35.5. The molecule has 1 aliphatic heterocycles. The van der Waals surface area contributed by atoms with Crippen LogP contribution in [0, 0.1) is 0 Å². The molecular formula is C17H24ClNO2. The normalized spacial score (nSPS) is 24.8. The van der Waals surface area contributed by atoms with Gasteiger partial charge < -0.3 is 14.8 Å². The van der Waals surface area contributed by atoms with Gasteiger partial charge in [-0.25, -0.2) is 0 Å². The predicted molar refractivity (Wildman–Crippen MR) is 86.4 cm³/mol. The Morgan fingerprint density at radius 1 is 1.29 bits per heavy atom. The van der Waals surface area contributed by atoms with E-state index in [9.17, 15) is 0 Å². The van der Waals surface area contributed by atoms with E-state index in [1.807, 2.05) is 18.2 Å². The van der Waals surface area contributed by atoms with Crippen molar-refractivity contribution in [3.8, 4) is 5.75 Å². The van der Waals surface area contributed by atoms with Crippen molar-refractivity contribution in [1.29, 1.82) is 0 Å². The quantitative estimate of drug-likeness (QED) is 0.882. The van der Waals surface area contributed by atoms with Gasteiger partial charge in [0, 0.05) is 24.4 Å². The number of ether oxygens (including phenoxy) is 2. The number of benzene rings is 1. The zero-order chi connectivity index (χ0) is 14.7. The molecule has 1 heterocycles. The van der Waals surface area contributed by atoms with Gasteiger partial charge in [0.05, 0.1) is 17.7 Å². The molecular weight excluding hydrogens is 286 g/mol. The Hall–Kier alpha value is -0.930. The zero-order valence-corrected chi connectivity index (χ0v) is 13.4. The Morgan fingerprint density at radius 2 is 2.10 bits per heavy atom. The molecule has 0 aromatic heterocycles. The fraction of sp³-hybridized carbons (Fsp3) is 0.647. The second-order valence-corrected chi connectivity index (χ2v) is 6.68. The molecule has 3 nitrogen and oxygen atoms in total. The molecule has 1 saturated carbocycles. The number of rotatable bonds is 3. The van der Waals surface area contributed by atoms with Crippen LogP contribution in [0.1, 0.15) is 44.9 Å². The maximum absolute atomic E-state index is 6.15. The summed E-state index contributed by atoms with van der Waals surface area (Å²) < 4.78 is 11.4. The van der Waals surface area contributed by atoms with Crippen LogP contribution in [0.4, 0.5) is 5.69 Å². The highest BCUT2D eigenvalue weighted by Gasteiger charge is 2.38. The highest BCUT2D eigenvalue weighted by Crippen LogP contribution is 2.39. The molecule has 116 valence electrons. The topological polar surface area (TPSA) is 30.5 Å². The molecule has 1 atom stereocenters. The lowest BCUT2D eigenvalue weighted by atomic mass is 9.78. The number of hydrogen-bond acceptors (Lipinski definition) is 3. The summed E-state index contributed by atoms with van der Waals surface area (Å²) in [5.41, 5.74) is 1.21. The highest BCUT2D eigenvalue weighted by molar-refractivity contribution is 6.32. The molecule has 1 spiro atoms. The number of nitrogens with one attached hydrogen (secondary N) is 1. The van der Waals surface area contributed by atoms with Gasteiger partial charge in [-0.2, -0.15) is 0 Å².